The Kier molecular flexibility index (Phi) is 2.22. The van der Waals surface area contributed by atoms with Gasteiger partial charge < -0.3 is 0 Å². The van der Waals surface area contributed by atoms with Crippen molar-refractivity contribution >= 4 is 16.7 Å². The predicted octanol–water partition coefficient (Wildman–Crippen LogP) is 2.72. The molecule has 1 heterocycles. The fourth-order valence-corrected chi connectivity index (χ4v) is 1.85. The Balaban J connectivity index is 2.09. The maximum atomic E-state index is 12.1. The van der Waals surface area contributed by atoms with Crippen LogP contribution in [0.25, 0.3) is 10.8 Å². The Labute approximate surface area is 98.3 Å². The van der Waals surface area contributed by atoms with Crippen molar-refractivity contribution in [2.24, 2.45) is 0 Å². The minimum atomic E-state index is -0.0618. The molecule has 0 saturated heterocycles. The van der Waals surface area contributed by atoms with Gasteiger partial charge >= 0.3 is 0 Å². The van der Waals surface area contributed by atoms with Crippen molar-refractivity contribution in [1.82, 2.24) is 9.55 Å². The van der Waals surface area contributed by atoms with E-state index in [4.69, 9.17) is 0 Å². The van der Waals surface area contributed by atoms with Gasteiger partial charge in [0.05, 0.1) is 0 Å². The summed E-state index contributed by atoms with van der Waals surface area (Å²) in [5.74, 6) is -0.0618. The molecule has 2 aromatic carbocycles. The zero-order chi connectivity index (χ0) is 11.7. The molecule has 17 heavy (non-hydrogen) atoms. The number of hydrogen-bond donors (Lipinski definition) is 0. The van der Waals surface area contributed by atoms with Gasteiger partial charge in [-0.2, -0.15) is 0 Å². The van der Waals surface area contributed by atoms with Crippen LogP contribution in [-0.2, 0) is 0 Å². The average molecular weight is 222 g/mol. The van der Waals surface area contributed by atoms with E-state index in [1.165, 1.54) is 10.9 Å². The van der Waals surface area contributed by atoms with Gasteiger partial charge in [-0.1, -0.05) is 30.3 Å². The van der Waals surface area contributed by atoms with Crippen LogP contribution in [0.4, 0.5) is 0 Å². The van der Waals surface area contributed by atoms with Crippen LogP contribution in [0.5, 0.6) is 0 Å². The van der Waals surface area contributed by atoms with Crippen molar-refractivity contribution in [3.8, 4) is 0 Å². The normalized spacial score (nSPS) is 10.6. The molecule has 0 N–H and O–H groups in total. The Morgan fingerprint density at radius 2 is 1.88 bits per heavy atom. The monoisotopic (exact) mass is 222 g/mol. The summed E-state index contributed by atoms with van der Waals surface area (Å²) in [7, 11) is 0. The summed E-state index contributed by atoms with van der Waals surface area (Å²) in [5, 5.41) is 2.20. The number of carbonyl (C=O) groups is 1. The second kappa shape index (κ2) is 3.87. The van der Waals surface area contributed by atoms with Crippen molar-refractivity contribution in [2.75, 3.05) is 0 Å². The van der Waals surface area contributed by atoms with E-state index in [0.717, 1.165) is 10.8 Å². The van der Waals surface area contributed by atoms with Crippen LogP contribution in [0.2, 0.25) is 0 Å². The van der Waals surface area contributed by atoms with Crippen LogP contribution in [-0.4, -0.2) is 15.5 Å². The van der Waals surface area contributed by atoms with Gasteiger partial charge in [0.15, 0.2) is 0 Å². The summed E-state index contributed by atoms with van der Waals surface area (Å²) in [6.07, 6.45) is 4.76. The first kappa shape index (κ1) is 9.78. The third kappa shape index (κ3) is 1.72. The van der Waals surface area contributed by atoms with Crippen LogP contribution in [0.15, 0.2) is 61.2 Å². The quantitative estimate of drug-likeness (QED) is 0.634. The maximum absolute atomic E-state index is 12.1. The molecule has 0 fully saturated rings. The van der Waals surface area contributed by atoms with E-state index in [0.29, 0.717) is 5.56 Å². The first-order valence-electron chi connectivity index (χ1n) is 5.36. The van der Waals surface area contributed by atoms with Crippen LogP contribution in [0, 0.1) is 0 Å². The van der Waals surface area contributed by atoms with E-state index in [-0.39, 0.29) is 5.91 Å². The molecular weight excluding hydrogens is 212 g/mol. The molecule has 0 amide bonds. The molecule has 3 aromatic rings. The van der Waals surface area contributed by atoms with Crippen molar-refractivity contribution in [2.45, 2.75) is 0 Å². The molecule has 0 aliphatic rings. The Morgan fingerprint density at radius 1 is 1.06 bits per heavy atom. The molecule has 0 aliphatic carbocycles. The lowest BCUT2D eigenvalue weighted by atomic mass is 10.1. The lowest BCUT2D eigenvalue weighted by Crippen LogP contribution is -2.09. The number of nitrogens with zero attached hydrogens (tertiary/aromatic N) is 2. The minimum absolute atomic E-state index is 0.0618. The first-order chi connectivity index (χ1) is 8.34. The van der Waals surface area contributed by atoms with Gasteiger partial charge in [0.2, 0.25) is 0 Å². The molecule has 0 spiro atoms. The summed E-state index contributed by atoms with van der Waals surface area (Å²) in [4.78, 5) is 15.9. The van der Waals surface area contributed by atoms with E-state index in [2.05, 4.69) is 4.98 Å². The van der Waals surface area contributed by atoms with E-state index < -0.39 is 0 Å². The first-order valence-corrected chi connectivity index (χ1v) is 5.36. The Hall–Kier alpha value is -2.42. The molecule has 0 aliphatic heterocycles. The summed E-state index contributed by atoms with van der Waals surface area (Å²) < 4.78 is 1.48. The van der Waals surface area contributed by atoms with Gasteiger partial charge in [-0.15, -0.1) is 0 Å². The molecule has 3 nitrogen and oxygen atoms in total. The van der Waals surface area contributed by atoms with Crippen LogP contribution < -0.4 is 0 Å². The molecule has 82 valence electrons. The lowest BCUT2D eigenvalue weighted by Gasteiger charge is -2.03. The zero-order valence-corrected chi connectivity index (χ0v) is 9.08. The molecule has 0 unspecified atom stereocenters. The zero-order valence-electron chi connectivity index (χ0n) is 9.08. The molecule has 0 radical (unpaired) electrons. The van der Waals surface area contributed by atoms with Crippen molar-refractivity contribution in [3.05, 3.63) is 66.7 Å². The van der Waals surface area contributed by atoms with E-state index in [9.17, 15) is 4.79 Å². The van der Waals surface area contributed by atoms with E-state index >= 15 is 0 Å². The summed E-state index contributed by atoms with van der Waals surface area (Å²) in [6.45, 7) is 0. The summed E-state index contributed by atoms with van der Waals surface area (Å²) >= 11 is 0. The number of carbonyl (C=O) groups excluding carboxylic acids is 1. The van der Waals surface area contributed by atoms with Crippen molar-refractivity contribution in [3.63, 3.8) is 0 Å². The lowest BCUT2D eigenvalue weighted by molar-refractivity contribution is 0.0960. The minimum Gasteiger partial charge on any atom is -0.272 e. The fourth-order valence-electron chi connectivity index (χ4n) is 1.85. The van der Waals surface area contributed by atoms with Crippen LogP contribution >= 0.6 is 0 Å². The molecule has 3 heteroatoms. The third-order valence-corrected chi connectivity index (χ3v) is 2.74. The highest BCUT2D eigenvalue weighted by Gasteiger charge is 2.07. The van der Waals surface area contributed by atoms with Gasteiger partial charge in [-0.25, -0.2) is 4.98 Å². The molecule has 0 atom stereocenters. The second-order valence-electron chi connectivity index (χ2n) is 3.84. The SMILES string of the molecule is O=C(c1ccc2ccccc2c1)n1ccnc1. The predicted molar refractivity (Wildman–Crippen MR) is 65.9 cm³/mol. The number of aromatic nitrogens is 2. The molecule has 0 saturated carbocycles. The average Bonchev–Trinajstić information content (AvgIpc) is 2.91. The highest BCUT2D eigenvalue weighted by Crippen LogP contribution is 2.16. The van der Waals surface area contributed by atoms with E-state index in [1.54, 1.807) is 12.4 Å². The number of fused-ring (bicyclic) bond motifs is 1. The van der Waals surface area contributed by atoms with Gasteiger partial charge in [0, 0.05) is 18.0 Å². The number of benzene rings is 2. The van der Waals surface area contributed by atoms with Gasteiger partial charge in [-0.05, 0) is 22.9 Å². The molecule has 0 bridgehead atoms. The van der Waals surface area contributed by atoms with Gasteiger partial charge in [0.25, 0.3) is 5.91 Å². The van der Waals surface area contributed by atoms with Crippen molar-refractivity contribution in [1.29, 1.82) is 0 Å². The Bertz CT molecular complexity index is 672. The fraction of sp³-hybridized carbons (Fsp3) is 0. The standard InChI is InChI=1S/C14H10N2O/c17-14(16-8-7-15-10-16)13-6-5-11-3-1-2-4-12(11)9-13/h1-10H. The highest BCUT2D eigenvalue weighted by molar-refractivity contribution is 5.99. The number of imidazole rings is 1. The molecule has 3 rings (SSSR count). The summed E-state index contributed by atoms with van der Waals surface area (Å²) in [6, 6.07) is 13.7. The number of hydrogen-bond acceptors (Lipinski definition) is 2. The van der Waals surface area contributed by atoms with Gasteiger partial charge in [0.1, 0.15) is 6.33 Å². The molecular formula is C14H10N2O. The maximum Gasteiger partial charge on any atom is 0.263 e. The topological polar surface area (TPSA) is 34.9 Å². The second-order valence-corrected chi connectivity index (χ2v) is 3.84. The smallest absolute Gasteiger partial charge is 0.263 e. The van der Waals surface area contributed by atoms with Crippen molar-refractivity contribution < 1.29 is 4.79 Å². The summed E-state index contributed by atoms with van der Waals surface area (Å²) in [5.41, 5.74) is 0.668. The van der Waals surface area contributed by atoms with E-state index in [1.807, 2.05) is 42.5 Å². The highest BCUT2D eigenvalue weighted by atomic mass is 16.2. The number of rotatable bonds is 1. The third-order valence-electron chi connectivity index (χ3n) is 2.74. The molecule has 1 aromatic heterocycles. The van der Waals surface area contributed by atoms with Crippen LogP contribution in [0.1, 0.15) is 10.4 Å². The van der Waals surface area contributed by atoms with Crippen LogP contribution in [0.3, 0.4) is 0 Å². The largest absolute Gasteiger partial charge is 0.272 e. The van der Waals surface area contributed by atoms with Gasteiger partial charge in [-0.3, -0.25) is 9.36 Å². The Morgan fingerprint density at radius 3 is 2.65 bits per heavy atom.